The summed E-state index contributed by atoms with van der Waals surface area (Å²) in [6.45, 7) is 5.78. The predicted octanol–water partition coefficient (Wildman–Crippen LogP) is 3.47. The Bertz CT molecular complexity index is 1040. The quantitative estimate of drug-likeness (QED) is 0.744. The van der Waals surface area contributed by atoms with Crippen molar-refractivity contribution in [2.24, 2.45) is 17.8 Å². The fourth-order valence-corrected chi connectivity index (χ4v) is 7.23. The molecule has 6 heteroatoms. The number of aromatic amines is 1. The second-order valence-corrected chi connectivity index (χ2v) is 9.65. The van der Waals surface area contributed by atoms with Gasteiger partial charge in [0.05, 0.1) is 14.2 Å². The summed E-state index contributed by atoms with van der Waals surface area (Å²) < 4.78 is 11.0. The number of aromatic nitrogens is 1. The van der Waals surface area contributed by atoms with Crippen LogP contribution < -0.4 is 4.74 Å². The van der Waals surface area contributed by atoms with Gasteiger partial charge in [-0.15, -0.1) is 0 Å². The van der Waals surface area contributed by atoms with Crippen molar-refractivity contribution < 1.29 is 19.1 Å². The average Bonchev–Trinajstić information content (AvgIpc) is 3.11. The number of ether oxygens (including phenoxy) is 2. The zero-order chi connectivity index (χ0) is 21.9. The van der Waals surface area contributed by atoms with Crippen LogP contribution in [0.1, 0.15) is 44.4 Å². The topological polar surface area (TPSA) is 71.6 Å². The fourth-order valence-electron chi connectivity index (χ4n) is 7.23. The molecule has 1 unspecified atom stereocenters. The third-order valence-corrected chi connectivity index (χ3v) is 8.27. The summed E-state index contributed by atoms with van der Waals surface area (Å²) in [5.74, 6) is 1.87. The number of hydrogen-bond acceptors (Lipinski definition) is 5. The molecule has 2 aromatic rings. The van der Waals surface area contributed by atoms with Gasteiger partial charge in [-0.2, -0.15) is 0 Å². The van der Waals surface area contributed by atoms with Gasteiger partial charge < -0.3 is 19.3 Å². The summed E-state index contributed by atoms with van der Waals surface area (Å²) in [6, 6.07) is 6.13. The van der Waals surface area contributed by atoms with E-state index in [2.05, 4.69) is 22.9 Å². The fraction of sp³-hybridized carbons (Fsp3) is 0.600. The van der Waals surface area contributed by atoms with E-state index in [-0.39, 0.29) is 17.8 Å². The molecule has 6 nitrogen and oxygen atoms in total. The van der Waals surface area contributed by atoms with Gasteiger partial charge in [0.25, 0.3) is 0 Å². The highest BCUT2D eigenvalue weighted by Gasteiger charge is 2.65. The Morgan fingerprint density at radius 1 is 1.26 bits per heavy atom. The number of esters is 1. The summed E-state index contributed by atoms with van der Waals surface area (Å²) >= 11 is 0. The summed E-state index contributed by atoms with van der Waals surface area (Å²) in [7, 11) is 3.19. The van der Waals surface area contributed by atoms with Crippen LogP contribution in [0.5, 0.6) is 5.75 Å². The molecule has 1 saturated carbocycles. The second kappa shape index (κ2) is 7.37. The van der Waals surface area contributed by atoms with E-state index < -0.39 is 5.41 Å². The Morgan fingerprint density at radius 3 is 2.74 bits per heavy atom. The number of carbonyl (C=O) groups excluding carboxylic acids is 2. The van der Waals surface area contributed by atoms with Crippen molar-refractivity contribution in [3.05, 3.63) is 29.5 Å². The van der Waals surface area contributed by atoms with Crippen LogP contribution in [0.4, 0.5) is 0 Å². The van der Waals surface area contributed by atoms with Crippen molar-refractivity contribution in [1.82, 2.24) is 9.88 Å². The van der Waals surface area contributed by atoms with Crippen molar-refractivity contribution in [1.29, 1.82) is 0 Å². The molecule has 4 aliphatic rings. The third-order valence-electron chi connectivity index (χ3n) is 8.27. The van der Waals surface area contributed by atoms with Crippen molar-refractivity contribution in [2.45, 2.75) is 51.0 Å². The number of nitrogens with one attached hydrogen (secondary N) is 1. The first-order valence-corrected chi connectivity index (χ1v) is 11.5. The number of fused-ring (bicyclic) bond motifs is 4. The summed E-state index contributed by atoms with van der Waals surface area (Å²) in [5.41, 5.74) is 2.56. The molecule has 3 aliphatic heterocycles. The number of benzene rings is 1. The number of ketones is 1. The lowest BCUT2D eigenvalue weighted by molar-refractivity contribution is -0.169. The number of piperidine rings is 2. The lowest BCUT2D eigenvalue weighted by Crippen LogP contribution is -2.70. The van der Waals surface area contributed by atoms with E-state index in [4.69, 9.17) is 9.47 Å². The first-order chi connectivity index (χ1) is 14.9. The van der Waals surface area contributed by atoms with Gasteiger partial charge in [-0.3, -0.25) is 9.69 Å². The molecule has 1 aromatic carbocycles. The highest BCUT2D eigenvalue weighted by molar-refractivity contribution is 5.92. The molecule has 1 aliphatic carbocycles. The van der Waals surface area contributed by atoms with Crippen LogP contribution in [0.2, 0.25) is 0 Å². The number of carbonyl (C=O) groups is 2. The maximum atomic E-state index is 13.6. The second-order valence-electron chi connectivity index (χ2n) is 9.65. The highest BCUT2D eigenvalue weighted by atomic mass is 16.5. The van der Waals surface area contributed by atoms with Gasteiger partial charge in [-0.25, -0.2) is 0 Å². The van der Waals surface area contributed by atoms with Crippen LogP contribution in [-0.2, 0) is 26.2 Å². The minimum atomic E-state index is -0.719. The van der Waals surface area contributed by atoms with E-state index in [1.165, 1.54) is 12.7 Å². The van der Waals surface area contributed by atoms with Crippen molar-refractivity contribution in [3.63, 3.8) is 0 Å². The SMILES string of the molecule is CC[C@H]1[C@H](CC(C)=O)[C@H]2CN3CCc4c([nH]c5ccc(OC)cc45)[C@](C(=O)OC)(C2)[C@H]13. The molecule has 1 N–H and O–H groups in total. The number of rotatable bonds is 5. The molecule has 1 aromatic heterocycles. The van der Waals surface area contributed by atoms with Crippen molar-refractivity contribution in [2.75, 3.05) is 27.3 Å². The zero-order valence-corrected chi connectivity index (χ0v) is 18.9. The minimum absolute atomic E-state index is 0.0514. The molecule has 3 fully saturated rings. The van der Waals surface area contributed by atoms with E-state index in [0.29, 0.717) is 24.2 Å². The molecule has 6 atom stereocenters. The Hall–Kier alpha value is -2.34. The molecule has 2 saturated heterocycles. The van der Waals surface area contributed by atoms with Gasteiger partial charge in [-0.05, 0) is 61.3 Å². The predicted molar refractivity (Wildman–Crippen MR) is 118 cm³/mol. The number of Topliss-reactive ketones (excluding diaryl/α,β-unsaturated/α-hetero) is 1. The average molecular weight is 425 g/mol. The summed E-state index contributed by atoms with van der Waals surface area (Å²) in [5, 5.41) is 1.13. The molecule has 4 heterocycles. The van der Waals surface area contributed by atoms with Gasteiger partial charge >= 0.3 is 5.97 Å². The molecule has 6 rings (SSSR count). The lowest BCUT2D eigenvalue weighted by atomic mass is 9.51. The van der Waals surface area contributed by atoms with E-state index in [1.807, 2.05) is 12.1 Å². The standard InChI is InChI=1S/C25H32N2O4/c1-5-17-19(10-14(2)28)15-12-25(24(29)31-4)22-18(8-9-27(13-15)23(17)25)20-11-16(30-3)6-7-21(20)26-22/h6-7,11,15,17,19,23,26H,5,8-10,12-13H2,1-4H3/t15-,17+,19-,23+,25-/m1/s1. The van der Waals surface area contributed by atoms with Gasteiger partial charge in [0, 0.05) is 42.1 Å². The van der Waals surface area contributed by atoms with Gasteiger partial charge in [0.15, 0.2) is 0 Å². The minimum Gasteiger partial charge on any atom is -0.497 e. The first-order valence-electron chi connectivity index (χ1n) is 11.5. The monoisotopic (exact) mass is 424 g/mol. The van der Waals surface area contributed by atoms with Crippen LogP contribution in [0, 0.1) is 17.8 Å². The Morgan fingerprint density at radius 2 is 2.06 bits per heavy atom. The largest absolute Gasteiger partial charge is 0.497 e. The number of nitrogens with zero attached hydrogens (tertiary/aromatic N) is 1. The molecule has 166 valence electrons. The number of methoxy groups -OCH3 is 2. The number of H-pyrrole nitrogens is 1. The zero-order valence-electron chi connectivity index (χ0n) is 18.9. The van der Waals surface area contributed by atoms with Crippen LogP contribution >= 0.6 is 0 Å². The van der Waals surface area contributed by atoms with Gasteiger partial charge in [-0.1, -0.05) is 13.3 Å². The maximum absolute atomic E-state index is 13.6. The van der Waals surface area contributed by atoms with Crippen molar-refractivity contribution in [3.8, 4) is 5.75 Å². The van der Waals surface area contributed by atoms with Gasteiger partial charge in [0.2, 0.25) is 0 Å². The third kappa shape index (κ3) is 2.80. The molecule has 0 spiro atoms. The smallest absolute Gasteiger partial charge is 0.319 e. The van der Waals surface area contributed by atoms with Crippen molar-refractivity contribution >= 4 is 22.7 Å². The molecular formula is C25H32N2O4. The Balaban J connectivity index is 1.73. The van der Waals surface area contributed by atoms with E-state index >= 15 is 0 Å². The normalized spacial score (nSPS) is 33.6. The van der Waals surface area contributed by atoms with E-state index in [0.717, 1.165) is 54.7 Å². The molecule has 4 bridgehead atoms. The van der Waals surface area contributed by atoms with Gasteiger partial charge in [0.1, 0.15) is 16.9 Å². The summed E-state index contributed by atoms with van der Waals surface area (Å²) in [6.07, 6.45) is 3.20. The van der Waals surface area contributed by atoms with Crippen LogP contribution in [0.15, 0.2) is 18.2 Å². The van der Waals surface area contributed by atoms with E-state index in [1.54, 1.807) is 14.0 Å². The maximum Gasteiger partial charge on any atom is 0.319 e. The first kappa shape index (κ1) is 20.6. The summed E-state index contributed by atoms with van der Waals surface area (Å²) in [4.78, 5) is 31.9. The van der Waals surface area contributed by atoms with Crippen LogP contribution in [0.25, 0.3) is 10.9 Å². The molecule has 0 radical (unpaired) electrons. The molecule has 0 amide bonds. The molecular weight excluding hydrogens is 392 g/mol. The lowest BCUT2D eigenvalue weighted by Gasteiger charge is -2.61. The highest BCUT2D eigenvalue weighted by Crippen LogP contribution is 2.58. The molecule has 31 heavy (non-hydrogen) atoms. The Kier molecular flexibility index (Phi) is 4.88. The van der Waals surface area contributed by atoms with E-state index in [9.17, 15) is 9.59 Å². The van der Waals surface area contributed by atoms with Crippen LogP contribution in [-0.4, -0.2) is 55.0 Å². The number of hydrogen-bond donors (Lipinski definition) is 1. The van der Waals surface area contributed by atoms with Crippen LogP contribution in [0.3, 0.4) is 0 Å². The Labute approximate surface area is 183 Å².